The average molecular weight is 567 g/mol. The van der Waals surface area contributed by atoms with Crippen LogP contribution in [0.25, 0.3) is 0 Å². The predicted molar refractivity (Wildman–Crippen MR) is 155 cm³/mol. The molecule has 2 amide bonds. The summed E-state index contributed by atoms with van der Waals surface area (Å²) in [5.41, 5.74) is 0. The third kappa shape index (κ3) is 18.8. The second kappa shape index (κ2) is 22.3. The number of carboxylic acid groups (broad SMARTS) is 2. The van der Waals surface area contributed by atoms with Gasteiger partial charge in [0.2, 0.25) is 11.8 Å². The Hall–Kier alpha value is -2.45. The fourth-order valence-electron chi connectivity index (χ4n) is 5.41. The standard InChI is InChI=1S/C31H54N2O7/c1-24(34)15-14-16-27(31(39)40)33-30(38)26-21-19-25(20-22-26)23-32-28(35)17-12-10-8-6-4-2-3-5-7-9-11-13-18-29(36)37/h25-27H,2-23H2,1H3,(H,32,35)(H,33,38)(H,36,37)(H,39,40)/t25-,26-,27-/m0/s1. The fraction of sp³-hybridized carbons (Fsp3) is 0.839. The summed E-state index contributed by atoms with van der Waals surface area (Å²) in [4.78, 5) is 57.8. The molecule has 0 radical (unpaired) electrons. The molecule has 0 bridgehead atoms. The zero-order valence-electron chi connectivity index (χ0n) is 24.7. The molecule has 1 aliphatic carbocycles. The van der Waals surface area contributed by atoms with E-state index in [2.05, 4.69) is 10.6 Å². The van der Waals surface area contributed by atoms with Crippen LogP contribution in [0.4, 0.5) is 0 Å². The molecule has 1 saturated carbocycles. The second-order valence-electron chi connectivity index (χ2n) is 11.7. The molecule has 0 aromatic rings. The molecule has 0 aromatic heterocycles. The minimum absolute atomic E-state index is 0.0130. The van der Waals surface area contributed by atoms with Crippen LogP contribution in [0.3, 0.4) is 0 Å². The zero-order chi connectivity index (χ0) is 29.6. The Kier molecular flexibility index (Phi) is 19.8. The Morgan fingerprint density at radius 3 is 1.65 bits per heavy atom. The van der Waals surface area contributed by atoms with Gasteiger partial charge in [-0.15, -0.1) is 0 Å². The minimum atomic E-state index is -1.07. The highest BCUT2D eigenvalue weighted by atomic mass is 16.4. The molecule has 230 valence electrons. The Morgan fingerprint density at radius 1 is 0.675 bits per heavy atom. The van der Waals surface area contributed by atoms with Gasteiger partial charge in [0.25, 0.3) is 0 Å². The van der Waals surface area contributed by atoms with Crippen molar-refractivity contribution in [2.75, 3.05) is 6.54 Å². The van der Waals surface area contributed by atoms with Crippen molar-refractivity contribution in [3.63, 3.8) is 0 Å². The van der Waals surface area contributed by atoms with Crippen molar-refractivity contribution < 1.29 is 34.2 Å². The molecular formula is C31H54N2O7. The fourth-order valence-corrected chi connectivity index (χ4v) is 5.41. The van der Waals surface area contributed by atoms with Crippen LogP contribution in [-0.2, 0) is 24.0 Å². The van der Waals surface area contributed by atoms with Gasteiger partial charge in [0.05, 0.1) is 0 Å². The number of carboxylic acids is 2. The molecule has 0 unspecified atom stereocenters. The molecule has 1 fully saturated rings. The number of unbranched alkanes of at least 4 members (excludes halogenated alkanes) is 11. The van der Waals surface area contributed by atoms with Crippen LogP contribution in [-0.4, -0.2) is 52.3 Å². The van der Waals surface area contributed by atoms with Gasteiger partial charge in [-0.1, -0.05) is 64.2 Å². The highest BCUT2D eigenvalue weighted by molar-refractivity contribution is 5.85. The lowest BCUT2D eigenvalue weighted by atomic mass is 9.81. The maximum Gasteiger partial charge on any atom is 0.326 e. The number of nitrogens with one attached hydrogen (secondary N) is 2. The first-order chi connectivity index (χ1) is 19.2. The van der Waals surface area contributed by atoms with Gasteiger partial charge >= 0.3 is 11.9 Å². The number of hydrogen-bond acceptors (Lipinski definition) is 5. The highest BCUT2D eigenvalue weighted by Crippen LogP contribution is 2.29. The van der Waals surface area contributed by atoms with Gasteiger partial charge in [0, 0.05) is 31.7 Å². The topological polar surface area (TPSA) is 150 Å². The van der Waals surface area contributed by atoms with Crippen molar-refractivity contribution in [1.29, 1.82) is 0 Å². The summed E-state index contributed by atoms with van der Waals surface area (Å²) in [7, 11) is 0. The van der Waals surface area contributed by atoms with Crippen LogP contribution in [0.2, 0.25) is 0 Å². The predicted octanol–water partition coefficient (Wildman–Crippen LogP) is 5.78. The molecule has 0 saturated heterocycles. The molecule has 1 rings (SSSR count). The van der Waals surface area contributed by atoms with Gasteiger partial charge in [-0.2, -0.15) is 0 Å². The molecule has 0 heterocycles. The summed E-state index contributed by atoms with van der Waals surface area (Å²) >= 11 is 0. The first kappa shape index (κ1) is 35.6. The maximum absolute atomic E-state index is 12.6. The van der Waals surface area contributed by atoms with E-state index in [1.165, 1.54) is 45.4 Å². The molecule has 1 aliphatic rings. The summed E-state index contributed by atoms with van der Waals surface area (Å²) in [5, 5.41) is 23.7. The first-order valence-corrected chi connectivity index (χ1v) is 15.7. The van der Waals surface area contributed by atoms with Gasteiger partial charge < -0.3 is 25.6 Å². The van der Waals surface area contributed by atoms with Crippen molar-refractivity contribution in [3.05, 3.63) is 0 Å². The normalized spacial score (nSPS) is 17.6. The van der Waals surface area contributed by atoms with Crippen molar-refractivity contribution in [2.24, 2.45) is 11.8 Å². The van der Waals surface area contributed by atoms with E-state index < -0.39 is 18.0 Å². The Morgan fingerprint density at radius 2 is 1.18 bits per heavy atom. The van der Waals surface area contributed by atoms with Crippen molar-refractivity contribution in [2.45, 2.75) is 148 Å². The summed E-state index contributed by atoms with van der Waals surface area (Å²) < 4.78 is 0. The summed E-state index contributed by atoms with van der Waals surface area (Å²) in [6.07, 6.45) is 18.4. The van der Waals surface area contributed by atoms with E-state index in [9.17, 15) is 29.1 Å². The van der Waals surface area contributed by atoms with Gasteiger partial charge in [-0.25, -0.2) is 4.79 Å². The lowest BCUT2D eigenvalue weighted by molar-refractivity contribution is -0.143. The molecule has 0 spiro atoms. The van der Waals surface area contributed by atoms with Crippen LogP contribution < -0.4 is 10.6 Å². The van der Waals surface area contributed by atoms with Crippen molar-refractivity contribution >= 4 is 29.5 Å². The monoisotopic (exact) mass is 566 g/mol. The molecule has 9 heteroatoms. The third-order valence-electron chi connectivity index (χ3n) is 7.99. The number of carbonyl (C=O) groups is 5. The largest absolute Gasteiger partial charge is 0.481 e. The Bertz CT molecular complexity index is 763. The van der Waals surface area contributed by atoms with Crippen LogP contribution in [0.15, 0.2) is 0 Å². The molecule has 9 nitrogen and oxygen atoms in total. The van der Waals surface area contributed by atoms with E-state index in [4.69, 9.17) is 5.11 Å². The van der Waals surface area contributed by atoms with E-state index in [0.29, 0.717) is 44.6 Å². The lowest BCUT2D eigenvalue weighted by Gasteiger charge is -2.28. The highest BCUT2D eigenvalue weighted by Gasteiger charge is 2.29. The Balaban J connectivity index is 2.01. The van der Waals surface area contributed by atoms with Gasteiger partial charge in [-0.05, 0) is 64.2 Å². The lowest BCUT2D eigenvalue weighted by Crippen LogP contribution is -2.44. The zero-order valence-corrected chi connectivity index (χ0v) is 24.7. The Labute approximate surface area is 240 Å². The van der Waals surface area contributed by atoms with E-state index in [1.54, 1.807) is 0 Å². The maximum atomic E-state index is 12.6. The quantitative estimate of drug-likeness (QED) is 0.108. The molecule has 0 aliphatic heterocycles. The smallest absolute Gasteiger partial charge is 0.326 e. The average Bonchev–Trinajstić information content (AvgIpc) is 2.91. The van der Waals surface area contributed by atoms with Gasteiger partial charge in [0.1, 0.15) is 11.8 Å². The molecular weight excluding hydrogens is 512 g/mol. The molecule has 0 aromatic carbocycles. The van der Waals surface area contributed by atoms with Crippen LogP contribution >= 0.6 is 0 Å². The van der Waals surface area contributed by atoms with Crippen LogP contribution in [0.5, 0.6) is 0 Å². The second-order valence-corrected chi connectivity index (χ2v) is 11.7. The van der Waals surface area contributed by atoms with E-state index >= 15 is 0 Å². The number of Topliss-reactive ketones (excluding diaryl/α,β-unsaturated/α-hetero) is 1. The number of aliphatic carboxylic acids is 2. The molecule has 40 heavy (non-hydrogen) atoms. The minimum Gasteiger partial charge on any atom is -0.481 e. The van der Waals surface area contributed by atoms with Gasteiger partial charge in [-0.3, -0.25) is 14.4 Å². The number of amides is 2. The van der Waals surface area contributed by atoms with Crippen molar-refractivity contribution in [3.8, 4) is 0 Å². The number of hydrogen-bond donors (Lipinski definition) is 4. The summed E-state index contributed by atoms with van der Waals surface area (Å²) in [6.45, 7) is 2.11. The number of rotatable bonds is 24. The summed E-state index contributed by atoms with van der Waals surface area (Å²) in [6, 6.07) is -0.956. The van der Waals surface area contributed by atoms with Gasteiger partial charge in [0.15, 0.2) is 0 Å². The number of ketones is 1. The summed E-state index contributed by atoms with van der Waals surface area (Å²) in [5.74, 6) is -1.72. The van der Waals surface area contributed by atoms with Crippen LogP contribution in [0.1, 0.15) is 142 Å². The van der Waals surface area contributed by atoms with Crippen LogP contribution in [0, 0.1) is 11.8 Å². The van der Waals surface area contributed by atoms with E-state index in [0.717, 1.165) is 51.4 Å². The third-order valence-corrected chi connectivity index (χ3v) is 7.99. The van der Waals surface area contributed by atoms with E-state index in [1.807, 2.05) is 0 Å². The SMILES string of the molecule is CC(=O)CCC[C@H](NC(=O)[C@H]1CC[C@H](CNC(=O)CCCCCCCCCCCCCCC(=O)O)CC1)C(=O)O. The molecule has 4 N–H and O–H groups in total. The molecule has 1 atom stereocenters. The first-order valence-electron chi connectivity index (χ1n) is 15.7. The van der Waals surface area contributed by atoms with Crippen molar-refractivity contribution in [1.82, 2.24) is 10.6 Å². The van der Waals surface area contributed by atoms with E-state index in [-0.39, 0.29) is 36.4 Å². The number of carbonyl (C=O) groups excluding carboxylic acids is 3.